The molecule has 0 bridgehead atoms. The molecule has 3 aromatic rings. The smallest absolute Gasteiger partial charge is 0.0228 e. The Hall–Kier alpha value is -1.99. The molecule has 0 aromatic heterocycles. The zero-order valence-corrected chi connectivity index (χ0v) is 11.7. The maximum absolute atomic E-state index is 2.31. The van der Waals surface area contributed by atoms with Gasteiger partial charge in [-0.2, -0.15) is 0 Å². The van der Waals surface area contributed by atoms with E-state index >= 15 is 0 Å². The second-order valence-corrected chi connectivity index (χ2v) is 5.95. The van der Waals surface area contributed by atoms with Crippen LogP contribution < -0.4 is 0 Å². The Labute approximate surface area is 123 Å². The lowest BCUT2D eigenvalue weighted by molar-refractivity contribution is 1.22. The molecule has 1 aliphatic rings. The van der Waals surface area contributed by atoms with Gasteiger partial charge in [-0.1, -0.05) is 72.4 Å². The van der Waals surface area contributed by atoms with Crippen LogP contribution >= 0.6 is 11.8 Å². The zero-order chi connectivity index (χ0) is 13.4. The fourth-order valence-corrected chi connectivity index (χ4v) is 3.67. The van der Waals surface area contributed by atoms with Crippen LogP contribution in [0.1, 0.15) is 11.1 Å². The third-order valence-electron chi connectivity index (χ3n) is 3.59. The summed E-state index contributed by atoms with van der Waals surface area (Å²) < 4.78 is 0. The van der Waals surface area contributed by atoms with E-state index in [-0.39, 0.29) is 0 Å². The molecule has 0 atom stereocenters. The van der Waals surface area contributed by atoms with Crippen LogP contribution in [-0.2, 0) is 0 Å². The Morgan fingerprint density at radius 2 is 1.35 bits per heavy atom. The molecular formula is C19H13S. The van der Waals surface area contributed by atoms with E-state index in [2.05, 4.69) is 79.2 Å². The van der Waals surface area contributed by atoms with Gasteiger partial charge in [-0.15, -0.1) is 0 Å². The van der Waals surface area contributed by atoms with E-state index in [1.165, 1.54) is 32.0 Å². The SMILES string of the molecule is [CH]1c2ccccc2Sc2cccc(-c3ccccc3)c21. The first-order chi connectivity index (χ1) is 9.92. The molecule has 3 aromatic carbocycles. The van der Waals surface area contributed by atoms with E-state index in [4.69, 9.17) is 0 Å². The molecule has 0 N–H and O–H groups in total. The molecule has 95 valence electrons. The summed E-state index contributed by atoms with van der Waals surface area (Å²) in [6, 6.07) is 25.8. The van der Waals surface area contributed by atoms with Crippen LogP contribution in [0.25, 0.3) is 11.1 Å². The fourth-order valence-electron chi connectivity index (χ4n) is 2.62. The van der Waals surface area contributed by atoms with Crippen LogP contribution in [0, 0.1) is 6.42 Å². The summed E-state index contributed by atoms with van der Waals surface area (Å²) in [4.78, 5) is 2.68. The summed E-state index contributed by atoms with van der Waals surface area (Å²) in [6.45, 7) is 0. The number of hydrogen-bond donors (Lipinski definition) is 0. The van der Waals surface area contributed by atoms with Crippen molar-refractivity contribution in [3.8, 4) is 11.1 Å². The Kier molecular flexibility index (Phi) is 2.86. The average molecular weight is 273 g/mol. The zero-order valence-electron chi connectivity index (χ0n) is 10.9. The Morgan fingerprint density at radius 3 is 2.25 bits per heavy atom. The van der Waals surface area contributed by atoms with E-state index in [1.807, 2.05) is 11.8 Å². The molecule has 1 radical (unpaired) electrons. The highest BCUT2D eigenvalue weighted by Crippen LogP contribution is 2.43. The van der Waals surface area contributed by atoms with Gasteiger partial charge in [-0.25, -0.2) is 0 Å². The second kappa shape index (κ2) is 4.84. The van der Waals surface area contributed by atoms with Crippen molar-refractivity contribution in [2.75, 3.05) is 0 Å². The maximum atomic E-state index is 2.31. The largest absolute Gasteiger partial charge is 0.0895 e. The van der Waals surface area contributed by atoms with Gasteiger partial charge in [0, 0.05) is 16.2 Å². The first-order valence-electron chi connectivity index (χ1n) is 6.72. The fraction of sp³-hybridized carbons (Fsp3) is 0. The standard InChI is InChI=1S/C19H13S/c1-2-7-14(8-3-1)16-10-6-12-19-17(16)13-15-9-4-5-11-18(15)20-19/h1-13H. The number of benzene rings is 3. The van der Waals surface area contributed by atoms with Gasteiger partial charge in [-0.05, 0) is 34.4 Å². The van der Waals surface area contributed by atoms with E-state index in [0.29, 0.717) is 0 Å². The van der Waals surface area contributed by atoms with Gasteiger partial charge in [0.25, 0.3) is 0 Å². The lowest BCUT2D eigenvalue weighted by Crippen LogP contribution is -1.99. The third kappa shape index (κ3) is 1.95. The van der Waals surface area contributed by atoms with Crippen molar-refractivity contribution in [2.45, 2.75) is 9.79 Å². The number of fused-ring (bicyclic) bond motifs is 2. The predicted molar refractivity (Wildman–Crippen MR) is 84.9 cm³/mol. The first kappa shape index (κ1) is 11.8. The molecule has 0 saturated carbocycles. The molecule has 0 fully saturated rings. The quantitative estimate of drug-likeness (QED) is 0.446. The molecular weight excluding hydrogens is 260 g/mol. The number of rotatable bonds is 1. The van der Waals surface area contributed by atoms with Crippen molar-refractivity contribution >= 4 is 11.8 Å². The van der Waals surface area contributed by atoms with Crippen LogP contribution in [-0.4, -0.2) is 0 Å². The molecule has 1 aliphatic heterocycles. The molecule has 0 spiro atoms. The van der Waals surface area contributed by atoms with Crippen LogP contribution in [0.5, 0.6) is 0 Å². The van der Waals surface area contributed by atoms with Crippen molar-refractivity contribution in [3.05, 3.63) is 90.3 Å². The van der Waals surface area contributed by atoms with Crippen LogP contribution in [0.3, 0.4) is 0 Å². The molecule has 0 nitrogen and oxygen atoms in total. The van der Waals surface area contributed by atoms with Crippen LogP contribution in [0.15, 0.2) is 82.6 Å². The highest BCUT2D eigenvalue weighted by Gasteiger charge is 2.18. The molecule has 0 saturated heterocycles. The minimum absolute atomic E-state index is 1.28. The molecule has 1 heterocycles. The summed E-state index contributed by atoms with van der Waals surface area (Å²) in [5.74, 6) is 0. The summed E-state index contributed by atoms with van der Waals surface area (Å²) in [6.07, 6.45) is 2.31. The first-order valence-corrected chi connectivity index (χ1v) is 7.53. The summed E-state index contributed by atoms with van der Waals surface area (Å²) in [5.41, 5.74) is 5.24. The Balaban J connectivity index is 1.87. The van der Waals surface area contributed by atoms with Gasteiger partial charge in [0.05, 0.1) is 0 Å². The van der Waals surface area contributed by atoms with E-state index in [9.17, 15) is 0 Å². The number of hydrogen-bond acceptors (Lipinski definition) is 1. The highest BCUT2D eigenvalue weighted by atomic mass is 32.2. The topological polar surface area (TPSA) is 0 Å². The van der Waals surface area contributed by atoms with Gasteiger partial charge >= 0.3 is 0 Å². The average Bonchev–Trinajstić information content (AvgIpc) is 2.53. The lowest BCUT2D eigenvalue weighted by Gasteiger charge is -2.21. The second-order valence-electron chi connectivity index (χ2n) is 4.87. The van der Waals surface area contributed by atoms with Crippen molar-refractivity contribution in [1.82, 2.24) is 0 Å². The van der Waals surface area contributed by atoms with Crippen molar-refractivity contribution in [2.24, 2.45) is 0 Å². The summed E-state index contributed by atoms with van der Waals surface area (Å²) in [7, 11) is 0. The molecule has 4 rings (SSSR count). The van der Waals surface area contributed by atoms with E-state index in [1.54, 1.807) is 0 Å². The van der Waals surface area contributed by atoms with Crippen molar-refractivity contribution in [1.29, 1.82) is 0 Å². The van der Waals surface area contributed by atoms with Gasteiger partial charge in [0.15, 0.2) is 0 Å². The molecule has 0 unspecified atom stereocenters. The van der Waals surface area contributed by atoms with Crippen molar-refractivity contribution in [3.63, 3.8) is 0 Å². The van der Waals surface area contributed by atoms with Gasteiger partial charge in [0.2, 0.25) is 0 Å². The third-order valence-corrected chi connectivity index (χ3v) is 4.76. The predicted octanol–water partition coefficient (Wildman–Crippen LogP) is 5.42. The monoisotopic (exact) mass is 273 g/mol. The van der Waals surface area contributed by atoms with Gasteiger partial charge in [0.1, 0.15) is 0 Å². The summed E-state index contributed by atoms with van der Waals surface area (Å²) in [5, 5.41) is 0. The van der Waals surface area contributed by atoms with Crippen LogP contribution in [0.4, 0.5) is 0 Å². The molecule has 0 amide bonds. The van der Waals surface area contributed by atoms with Crippen LogP contribution in [0.2, 0.25) is 0 Å². The molecule has 20 heavy (non-hydrogen) atoms. The van der Waals surface area contributed by atoms with Gasteiger partial charge < -0.3 is 0 Å². The Morgan fingerprint density at radius 1 is 0.600 bits per heavy atom. The highest BCUT2D eigenvalue weighted by molar-refractivity contribution is 7.99. The maximum Gasteiger partial charge on any atom is 0.0228 e. The van der Waals surface area contributed by atoms with Crippen molar-refractivity contribution < 1.29 is 0 Å². The molecule has 1 heteroatoms. The lowest BCUT2D eigenvalue weighted by atomic mass is 9.94. The van der Waals surface area contributed by atoms with E-state index < -0.39 is 0 Å². The normalized spacial score (nSPS) is 12.6. The minimum Gasteiger partial charge on any atom is -0.0895 e. The summed E-state index contributed by atoms with van der Waals surface area (Å²) >= 11 is 1.86. The Bertz CT molecular complexity index is 760. The van der Waals surface area contributed by atoms with Gasteiger partial charge in [-0.3, -0.25) is 0 Å². The van der Waals surface area contributed by atoms with E-state index in [0.717, 1.165) is 0 Å². The molecule has 0 aliphatic carbocycles. The minimum atomic E-state index is 1.28.